The van der Waals surface area contributed by atoms with Gasteiger partial charge >= 0.3 is 11.9 Å². The number of thiocarbonyl (C=S) groups is 1. The van der Waals surface area contributed by atoms with Crippen LogP contribution in [0, 0.1) is 0 Å². The summed E-state index contributed by atoms with van der Waals surface area (Å²) < 4.78 is 16.1. The molecule has 1 aromatic carbocycles. The Labute approximate surface area is 222 Å². The van der Waals surface area contributed by atoms with Crippen LogP contribution in [-0.2, 0) is 23.9 Å². The van der Waals surface area contributed by atoms with Crippen LogP contribution >= 0.6 is 12.2 Å². The van der Waals surface area contributed by atoms with Crippen molar-refractivity contribution in [3.05, 3.63) is 48.5 Å². The molecule has 10 nitrogen and oxygen atoms in total. The van der Waals surface area contributed by atoms with Crippen molar-refractivity contribution in [1.82, 2.24) is 9.80 Å². The third-order valence-electron chi connectivity index (χ3n) is 5.77. The van der Waals surface area contributed by atoms with Crippen molar-refractivity contribution < 1.29 is 33.7 Å². The number of anilines is 1. The lowest BCUT2D eigenvalue weighted by molar-refractivity contribution is -0.148. The zero-order valence-corrected chi connectivity index (χ0v) is 22.0. The maximum atomic E-state index is 13.6. The molecule has 2 aliphatic heterocycles. The number of hydrogen-bond acceptors (Lipinski definition) is 9. The average Bonchev–Trinajstić information content (AvgIpc) is 3.36. The number of aliphatic hydroxyl groups is 1. The number of ether oxygens (including phenoxy) is 3. The van der Waals surface area contributed by atoms with Gasteiger partial charge in [0, 0.05) is 19.2 Å². The highest BCUT2D eigenvalue weighted by molar-refractivity contribution is 7.80. The number of carbonyl (C=O) groups excluding carboxylic acids is 3. The van der Waals surface area contributed by atoms with Crippen LogP contribution < -0.4 is 9.64 Å². The summed E-state index contributed by atoms with van der Waals surface area (Å²) in [5.74, 6) is -0.915. The quantitative estimate of drug-likeness (QED) is 0.232. The van der Waals surface area contributed by atoms with Crippen LogP contribution in [0.4, 0.5) is 5.69 Å². The van der Waals surface area contributed by atoms with Crippen LogP contribution in [0.1, 0.15) is 39.5 Å². The molecule has 1 atom stereocenters. The second-order valence-electron chi connectivity index (χ2n) is 8.58. The molecule has 0 aliphatic carbocycles. The third kappa shape index (κ3) is 6.66. The van der Waals surface area contributed by atoms with Crippen LogP contribution in [0.25, 0.3) is 0 Å². The van der Waals surface area contributed by atoms with E-state index in [1.807, 2.05) is 6.92 Å². The lowest BCUT2D eigenvalue weighted by atomic mass is 10.2. The van der Waals surface area contributed by atoms with Gasteiger partial charge in [-0.05, 0) is 37.2 Å². The summed E-state index contributed by atoms with van der Waals surface area (Å²) in [5.41, 5.74) is 0.888. The molecule has 1 amide bonds. The fraction of sp³-hybridized carbons (Fsp3) is 0.462. The number of benzene rings is 1. The van der Waals surface area contributed by atoms with Crippen LogP contribution in [-0.4, -0.2) is 76.8 Å². The number of carbonyl (C=O) groups is 3. The Morgan fingerprint density at radius 2 is 1.73 bits per heavy atom. The maximum Gasteiger partial charge on any atom is 0.330 e. The second kappa shape index (κ2) is 13.2. The number of aliphatic hydroxyl groups excluding tert-OH is 1. The molecule has 2 heterocycles. The Morgan fingerprint density at radius 1 is 1.08 bits per heavy atom. The van der Waals surface area contributed by atoms with Gasteiger partial charge in [-0.2, -0.15) is 0 Å². The Kier molecular flexibility index (Phi) is 10.0. The van der Waals surface area contributed by atoms with Gasteiger partial charge in [-0.15, -0.1) is 0 Å². The minimum atomic E-state index is -1.20. The summed E-state index contributed by atoms with van der Waals surface area (Å²) >= 11 is 5.67. The number of para-hydroxylation sites is 2. The molecule has 37 heavy (non-hydrogen) atoms. The van der Waals surface area contributed by atoms with Gasteiger partial charge in [0.1, 0.15) is 25.9 Å². The maximum absolute atomic E-state index is 13.6. The first-order chi connectivity index (χ1) is 17.8. The first kappa shape index (κ1) is 28.1. The Bertz CT molecular complexity index is 1070. The minimum absolute atomic E-state index is 0.209. The highest BCUT2D eigenvalue weighted by Crippen LogP contribution is 2.41. The summed E-state index contributed by atoms with van der Waals surface area (Å²) in [5, 5.41) is 10.4. The monoisotopic (exact) mass is 531 g/mol. The van der Waals surface area contributed by atoms with E-state index in [1.165, 1.54) is 0 Å². The number of unbranched alkanes of at least 4 members (excludes halogenated alkanes) is 2. The standard InChI is InChI=1S/C26H33N3O7S/c1-4-7-13-27-23(24(33)28(26(27)37)14-8-5-2)25-29(19-11-9-10-12-20(19)36-25)15-22(32)35-17-18(30)16-34-21(31)6-3/h6,9-12,18,30H,3-5,7-8,13-17H2,1-2H3/b25-23+. The van der Waals surface area contributed by atoms with E-state index in [4.69, 9.17) is 26.4 Å². The molecule has 0 aromatic heterocycles. The van der Waals surface area contributed by atoms with Crippen molar-refractivity contribution in [3.63, 3.8) is 0 Å². The minimum Gasteiger partial charge on any atom is -0.461 e. The molecule has 1 N–H and O–H groups in total. The number of amides is 1. The Morgan fingerprint density at radius 3 is 2.41 bits per heavy atom. The SMILES string of the molecule is C=CC(=O)OCC(O)COC(=O)CN1/C(=C2/C(=O)N(CCCC)C(=S)N2CCCC)Oc2ccccc21. The fourth-order valence-corrected chi connectivity index (χ4v) is 4.19. The van der Waals surface area contributed by atoms with E-state index in [9.17, 15) is 19.5 Å². The molecule has 0 bridgehead atoms. The molecular formula is C26H33N3O7S. The van der Waals surface area contributed by atoms with Gasteiger partial charge in [0.15, 0.2) is 16.6 Å². The van der Waals surface area contributed by atoms with Crippen molar-refractivity contribution in [1.29, 1.82) is 0 Å². The van der Waals surface area contributed by atoms with E-state index in [0.29, 0.717) is 29.6 Å². The van der Waals surface area contributed by atoms with Crippen LogP contribution in [0.2, 0.25) is 0 Å². The van der Waals surface area contributed by atoms with Crippen molar-refractivity contribution in [2.75, 3.05) is 37.7 Å². The second-order valence-corrected chi connectivity index (χ2v) is 8.94. The zero-order valence-electron chi connectivity index (χ0n) is 21.2. The molecule has 2 aliphatic rings. The van der Waals surface area contributed by atoms with E-state index in [0.717, 1.165) is 31.8 Å². The van der Waals surface area contributed by atoms with Crippen molar-refractivity contribution >= 4 is 40.9 Å². The van der Waals surface area contributed by atoms with Crippen molar-refractivity contribution in [3.8, 4) is 5.75 Å². The largest absolute Gasteiger partial charge is 0.461 e. The smallest absolute Gasteiger partial charge is 0.330 e. The number of rotatable bonds is 13. The fourth-order valence-electron chi connectivity index (χ4n) is 3.83. The number of esters is 2. The third-order valence-corrected chi connectivity index (χ3v) is 6.21. The summed E-state index contributed by atoms with van der Waals surface area (Å²) in [6.07, 6.45) is 3.21. The topological polar surface area (TPSA) is 109 Å². The number of nitrogens with zero attached hydrogens (tertiary/aromatic N) is 3. The van der Waals surface area contributed by atoms with Gasteiger partial charge in [-0.25, -0.2) is 4.79 Å². The van der Waals surface area contributed by atoms with Gasteiger partial charge < -0.3 is 24.2 Å². The first-order valence-corrected chi connectivity index (χ1v) is 12.8. The lowest BCUT2D eigenvalue weighted by Crippen LogP contribution is -2.35. The lowest BCUT2D eigenvalue weighted by Gasteiger charge is -2.23. The van der Waals surface area contributed by atoms with Crippen molar-refractivity contribution in [2.45, 2.75) is 45.6 Å². The molecule has 3 rings (SSSR count). The van der Waals surface area contributed by atoms with E-state index in [1.54, 1.807) is 39.0 Å². The molecule has 0 saturated carbocycles. The molecule has 200 valence electrons. The van der Waals surface area contributed by atoms with E-state index in [2.05, 4.69) is 13.5 Å². The predicted molar refractivity (Wildman–Crippen MR) is 140 cm³/mol. The van der Waals surface area contributed by atoms with Gasteiger partial charge in [0.2, 0.25) is 5.88 Å². The molecule has 1 saturated heterocycles. The summed E-state index contributed by atoms with van der Waals surface area (Å²) in [7, 11) is 0. The number of hydrogen-bond donors (Lipinski definition) is 1. The zero-order chi connectivity index (χ0) is 26.9. The van der Waals surface area contributed by atoms with E-state index >= 15 is 0 Å². The summed E-state index contributed by atoms with van der Waals surface area (Å²) in [6.45, 7) is 7.43. The predicted octanol–water partition coefficient (Wildman–Crippen LogP) is 2.72. The molecule has 1 unspecified atom stereocenters. The van der Waals surface area contributed by atoms with Gasteiger partial charge in [0.25, 0.3) is 5.91 Å². The van der Waals surface area contributed by atoms with Gasteiger partial charge in [-0.1, -0.05) is 45.4 Å². The van der Waals surface area contributed by atoms with Gasteiger partial charge in [-0.3, -0.25) is 19.4 Å². The average molecular weight is 532 g/mol. The van der Waals surface area contributed by atoms with Crippen LogP contribution in [0.15, 0.2) is 48.5 Å². The summed E-state index contributed by atoms with van der Waals surface area (Å²) in [6, 6.07) is 7.13. The Hall–Kier alpha value is -3.44. The van der Waals surface area contributed by atoms with Crippen LogP contribution in [0.3, 0.4) is 0 Å². The molecule has 0 radical (unpaired) electrons. The highest BCUT2D eigenvalue weighted by Gasteiger charge is 2.44. The normalized spacial score (nSPS) is 17.5. The molecule has 0 spiro atoms. The first-order valence-electron chi connectivity index (χ1n) is 12.4. The highest BCUT2D eigenvalue weighted by atomic mass is 32.1. The molecule has 1 fully saturated rings. The van der Waals surface area contributed by atoms with Gasteiger partial charge in [0.05, 0.1) is 5.69 Å². The molecular weight excluding hydrogens is 498 g/mol. The number of fused-ring (bicyclic) bond motifs is 1. The van der Waals surface area contributed by atoms with Crippen molar-refractivity contribution in [2.24, 2.45) is 0 Å². The Balaban J connectivity index is 1.85. The molecule has 1 aromatic rings. The molecule has 11 heteroatoms. The van der Waals surface area contributed by atoms with E-state index < -0.39 is 18.0 Å². The van der Waals surface area contributed by atoms with Crippen LogP contribution in [0.5, 0.6) is 5.75 Å². The summed E-state index contributed by atoms with van der Waals surface area (Å²) in [4.78, 5) is 42.4. The van der Waals surface area contributed by atoms with E-state index in [-0.39, 0.29) is 37.2 Å².